The molecule has 32 heavy (non-hydrogen) atoms. The van der Waals surface area contributed by atoms with Gasteiger partial charge in [-0.3, -0.25) is 4.90 Å². The van der Waals surface area contributed by atoms with Crippen LogP contribution in [0.25, 0.3) is 0 Å². The van der Waals surface area contributed by atoms with E-state index in [1.807, 2.05) is 4.57 Å². The van der Waals surface area contributed by atoms with Crippen molar-refractivity contribution in [2.45, 2.75) is 44.9 Å². The lowest BCUT2D eigenvalue weighted by atomic mass is 10.0. The van der Waals surface area contributed by atoms with Gasteiger partial charge in [-0.2, -0.15) is 15.0 Å². The van der Waals surface area contributed by atoms with E-state index in [0.29, 0.717) is 30.3 Å². The van der Waals surface area contributed by atoms with E-state index in [2.05, 4.69) is 37.5 Å². The van der Waals surface area contributed by atoms with Crippen LogP contribution in [-0.2, 0) is 6.67 Å². The molecule has 0 amide bonds. The predicted octanol–water partition coefficient (Wildman–Crippen LogP) is 2.54. The van der Waals surface area contributed by atoms with Crippen LogP contribution in [0.2, 0.25) is 0 Å². The number of aromatic nitrogens is 5. The highest BCUT2D eigenvalue weighted by atomic mass is 19.1. The molecule has 2 unspecified atom stereocenters. The predicted molar refractivity (Wildman–Crippen MR) is 120 cm³/mol. The number of imidazole rings is 1. The van der Waals surface area contributed by atoms with E-state index in [9.17, 15) is 4.39 Å². The third-order valence-electron chi connectivity index (χ3n) is 5.53. The minimum absolute atomic E-state index is 0.0800. The smallest absolute Gasteiger partial charge is 0.238 e. The van der Waals surface area contributed by atoms with E-state index in [1.54, 1.807) is 35.8 Å². The minimum Gasteiger partial charge on any atom is -0.494 e. The van der Waals surface area contributed by atoms with Gasteiger partial charge < -0.3 is 25.7 Å². The summed E-state index contributed by atoms with van der Waals surface area (Å²) in [5, 5.41) is 6.92. The molecule has 3 aromatic rings. The molecule has 1 saturated heterocycles. The second-order valence-electron chi connectivity index (χ2n) is 7.64. The molecular formula is C21H28FN9O. The lowest BCUT2D eigenvalue weighted by Crippen LogP contribution is -2.40. The van der Waals surface area contributed by atoms with Gasteiger partial charge in [0.25, 0.3) is 0 Å². The summed E-state index contributed by atoms with van der Waals surface area (Å²) >= 11 is 0. The summed E-state index contributed by atoms with van der Waals surface area (Å²) in [6.07, 6.45) is 8.28. The molecule has 1 aliphatic heterocycles. The molecule has 1 aliphatic rings. The maximum absolute atomic E-state index is 14.5. The Bertz CT molecular complexity index is 1020. The molecule has 4 rings (SSSR count). The summed E-state index contributed by atoms with van der Waals surface area (Å²) in [6, 6.07) is 5.18. The van der Waals surface area contributed by atoms with Crippen LogP contribution in [0.1, 0.15) is 26.2 Å². The van der Waals surface area contributed by atoms with E-state index in [4.69, 9.17) is 10.5 Å². The first-order chi connectivity index (χ1) is 15.6. The van der Waals surface area contributed by atoms with E-state index >= 15 is 0 Å². The summed E-state index contributed by atoms with van der Waals surface area (Å²) in [5.41, 5.74) is 6.58. The van der Waals surface area contributed by atoms with Crippen LogP contribution in [0.5, 0.6) is 5.75 Å². The van der Waals surface area contributed by atoms with E-state index in [-0.39, 0.29) is 17.7 Å². The van der Waals surface area contributed by atoms with Crippen molar-refractivity contribution < 1.29 is 9.13 Å². The fourth-order valence-corrected chi connectivity index (χ4v) is 3.89. The number of methoxy groups -OCH3 is 1. The largest absolute Gasteiger partial charge is 0.494 e. The van der Waals surface area contributed by atoms with Crippen molar-refractivity contribution in [1.82, 2.24) is 29.8 Å². The van der Waals surface area contributed by atoms with E-state index in [0.717, 1.165) is 25.8 Å². The number of rotatable bonds is 9. The molecule has 4 N–H and O–H groups in total. The molecule has 2 aromatic heterocycles. The molecule has 11 heteroatoms. The number of halogens is 1. The highest BCUT2D eigenvalue weighted by Crippen LogP contribution is 2.29. The van der Waals surface area contributed by atoms with Crippen molar-refractivity contribution in [1.29, 1.82) is 0 Å². The van der Waals surface area contributed by atoms with Crippen molar-refractivity contribution in [2.24, 2.45) is 0 Å². The summed E-state index contributed by atoms with van der Waals surface area (Å²) in [6.45, 7) is 3.43. The fraction of sp³-hybridized carbons (Fsp3) is 0.429. The maximum atomic E-state index is 14.5. The number of benzene rings is 1. The van der Waals surface area contributed by atoms with Gasteiger partial charge in [0.2, 0.25) is 17.8 Å². The Morgan fingerprint density at radius 2 is 2.25 bits per heavy atom. The molecule has 170 valence electrons. The molecule has 0 saturated carbocycles. The van der Waals surface area contributed by atoms with Crippen molar-refractivity contribution in [3.8, 4) is 5.75 Å². The number of anilines is 4. The summed E-state index contributed by atoms with van der Waals surface area (Å²) in [5.74, 6) is 0.435. The number of nitrogens with two attached hydrogens (primary N) is 1. The number of hydrogen-bond acceptors (Lipinski definition) is 9. The number of hydrogen-bond donors (Lipinski definition) is 3. The van der Waals surface area contributed by atoms with Gasteiger partial charge in [-0.05, 0) is 37.9 Å². The van der Waals surface area contributed by atoms with E-state index in [1.165, 1.54) is 13.2 Å². The van der Waals surface area contributed by atoms with Gasteiger partial charge in [-0.1, -0.05) is 6.92 Å². The molecule has 0 radical (unpaired) electrons. The second kappa shape index (κ2) is 9.77. The van der Waals surface area contributed by atoms with E-state index < -0.39 is 5.82 Å². The Balaban J connectivity index is 1.68. The summed E-state index contributed by atoms with van der Waals surface area (Å²) in [4.78, 5) is 19.1. The van der Waals surface area contributed by atoms with Crippen molar-refractivity contribution in [3.63, 3.8) is 0 Å². The average Bonchev–Trinajstić information content (AvgIpc) is 3.50. The zero-order chi connectivity index (χ0) is 22.5. The van der Waals surface area contributed by atoms with Crippen molar-refractivity contribution in [2.75, 3.05) is 29.6 Å². The van der Waals surface area contributed by atoms with Crippen LogP contribution < -0.4 is 26.0 Å². The molecule has 10 nitrogen and oxygen atoms in total. The molecular weight excluding hydrogens is 413 g/mol. The van der Waals surface area contributed by atoms with Gasteiger partial charge >= 0.3 is 0 Å². The third kappa shape index (κ3) is 4.88. The van der Waals surface area contributed by atoms with Gasteiger partial charge in [-0.15, -0.1) is 0 Å². The molecule has 1 fully saturated rings. The molecule has 1 aromatic carbocycles. The number of ether oxygens (including phenoxy) is 1. The highest BCUT2D eigenvalue weighted by Gasteiger charge is 2.25. The summed E-state index contributed by atoms with van der Waals surface area (Å²) in [7, 11) is 1.43. The molecule has 3 heterocycles. The van der Waals surface area contributed by atoms with Crippen LogP contribution in [0.4, 0.5) is 27.9 Å². The Morgan fingerprint density at radius 3 is 2.91 bits per heavy atom. The minimum atomic E-state index is -0.487. The molecule has 2 atom stereocenters. The van der Waals surface area contributed by atoms with Crippen molar-refractivity contribution in [3.05, 3.63) is 42.7 Å². The highest BCUT2D eigenvalue weighted by molar-refractivity contribution is 5.59. The Kier molecular flexibility index (Phi) is 6.64. The first-order valence-electron chi connectivity index (χ1n) is 10.7. The van der Waals surface area contributed by atoms with Gasteiger partial charge in [0.05, 0.1) is 13.4 Å². The Hall–Kier alpha value is -3.47. The Labute approximate surface area is 186 Å². The zero-order valence-electron chi connectivity index (χ0n) is 18.2. The van der Waals surface area contributed by atoms with Gasteiger partial charge in [0, 0.05) is 36.2 Å². The van der Waals surface area contributed by atoms with Crippen LogP contribution in [0.3, 0.4) is 0 Å². The monoisotopic (exact) mass is 441 g/mol. The number of nitrogen functional groups attached to an aromatic ring is 1. The Morgan fingerprint density at radius 1 is 1.38 bits per heavy atom. The molecule has 0 bridgehead atoms. The maximum Gasteiger partial charge on any atom is 0.238 e. The standard InChI is InChI=1S/C21H28FN9O/c1-3-16(17-5-4-8-25-17)26-20-27-19(23)28-21(29-20)31(13-30-10-9-24-12-30)14-6-7-18(32-2)15(22)11-14/h6-7,9-12,16-17,25H,3-5,8,13H2,1-2H3,(H3,23,26,27,28,29). The molecule has 0 aliphatic carbocycles. The number of nitrogens with zero attached hydrogens (tertiary/aromatic N) is 6. The quantitative estimate of drug-likeness (QED) is 0.460. The van der Waals surface area contributed by atoms with Gasteiger partial charge in [0.1, 0.15) is 6.67 Å². The first-order valence-corrected chi connectivity index (χ1v) is 10.7. The zero-order valence-corrected chi connectivity index (χ0v) is 18.2. The summed E-state index contributed by atoms with van der Waals surface area (Å²) < 4.78 is 21.4. The second-order valence-corrected chi connectivity index (χ2v) is 7.64. The SMILES string of the molecule is CCC(Nc1nc(N)nc(N(Cn2ccnc2)c2ccc(OC)c(F)c2)n1)C1CCCN1. The van der Waals surface area contributed by atoms with Gasteiger partial charge in [-0.25, -0.2) is 9.37 Å². The third-order valence-corrected chi connectivity index (χ3v) is 5.53. The normalized spacial score (nSPS) is 16.7. The van der Waals surface area contributed by atoms with Crippen molar-refractivity contribution >= 4 is 23.5 Å². The van der Waals surface area contributed by atoms with Gasteiger partial charge in [0.15, 0.2) is 11.6 Å². The van der Waals surface area contributed by atoms with Crippen LogP contribution >= 0.6 is 0 Å². The number of nitrogens with one attached hydrogen (secondary N) is 2. The van der Waals surface area contributed by atoms with Crippen LogP contribution in [-0.4, -0.2) is 50.2 Å². The molecule has 0 spiro atoms. The fourth-order valence-electron chi connectivity index (χ4n) is 3.89. The average molecular weight is 442 g/mol. The lowest BCUT2D eigenvalue weighted by molar-refractivity contribution is 0.386. The lowest BCUT2D eigenvalue weighted by Gasteiger charge is -2.26. The van der Waals surface area contributed by atoms with Crippen LogP contribution in [0, 0.1) is 5.82 Å². The first kappa shape index (κ1) is 21.8. The van der Waals surface area contributed by atoms with Crippen LogP contribution in [0.15, 0.2) is 36.9 Å². The topological polar surface area (TPSA) is 119 Å².